The summed E-state index contributed by atoms with van der Waals surface area (Å²) in [6, 6.07) is 8.74. The number of aromatic nitrogens is 5. The summed E-state index contributed by atoms with van der Waals surface area (Å²) in [6.07, 6.45) is 6.74. The number of benzene rings is 1. The predicted octanol–water partition coefficient (Wildman–Crippen LogP) is 1.22. The Kier molecular flexibility index (Phi) is 4.65. The molecule has 1 aliphatic heterocycles. The summed E-state index contributed by atoms with van der Waals surface area (Å²) in [5.74, 6) is 0.475. The minimum atomic E-state index is -0.0777. The molecule has 1 aliphatic carbocycles. The molecule has 0 atom stereocenters. The van der Waals surface area contributed by atoms with E-state index >= 15 is 0 Å². The molecule has 0 bridgehead atoms. The average molecular weight is 391 g/mol. The van der Waals surface area contributed by atoms with Gasteiger partial charge in [-0.2, -0.15) is 15.4 Å². The van der Waals surface area contributed by atoms with Crippen LogP contribution in [-0.4, -0.2) is 61.4 Å². The Hall–Kier alpha value is -3.33. The molecule has 148 valence electrons. The molecular formula is C20H21N7O2. The summed E-state index contributed by atoms with van der Waals surface area (Å²) < 4.78 is 5.70. The van der Waals surface area contributed by atoms with Crippen molar-refractivity contribution < 1.29 is 9.53 Å². The summed E-state index contributed by atoms with van der Waals surface area (Å²) in [7, 11) is 0. The predicted molar refractivity (Wildman–Crippen MR) is 104 cm³/mol. The molecule has 0 radical (unpaired) electrons. The van der Waals surface area contributed by atoms with Gasteiger partial charge in [0.25, 0.3) is 5.91 Å². The van der Waals surface area contributed by atoms with E-state index in [1.807, 2.05) is 0 Å². The highest BCUT2D eigenvalue weighted by Crippen LogP contribution is 2.23. The van der Waals surface area contributed by atoms with Gasteiger partial charge in [-0.05, 0) is 24.0 Å². The van der Waals surface area contributed by atoms with Crippen molar-refractivity contribution in [1.82, 2.24) is 30.3 Å². The van der Waals surface area contributed by atoms with Crippen LogP contribution >= 0.6 is 0 Å². The fraction of sp³-hybridized carbons (Fsp3) is 0.350. The van der Waals surface area contributed by atoms with Crippen molar-refractivity contribution in [3.8, 4) is 0 Å². The number of hydrogen-bond donors (Lipinski definition) is 2. The van der Waals surface area contributed by atoms with Crippen LogP contribution in [-0.2, 0) is 24.2 Å². The van der Waals surface area contributed by atoms with Gasteiger partial charge in [0.15, 0.2) is 0 Å². The van der Waals surface area contributed by atoms with Crippen LogP contribution < -0.4 is 5.32 Å². The molecule has 29 heavy (non-hydrogen) atoms. The number of fused-ring (bicyclic) bond motifs is 1. The maximum Gasteiger partial charge on any atom is 0.257 e. The fourth-order valence-corrected chi connectivity index (χ4v) is 3.75. The zero-order chi connectivity index (χ0) is 19.6. The number of nitrogens with zero attached hydrogens (tertiary/aromatic N) is 5. The molecule has 0 unspecified atom stereocenters. The number of H-pyrrole nitrogens is 1. The van der Waals surface area contributed by atoms with Gasteiger partial charge in [-0.3, -0.25) is 4.79 Å². The number of hydrogen-bond acceptors (Lipinski definition) is 7. The Bertz CT molecular complexity index is 959. The lowest BCUT2D eigenvalue weighted by atomic mass is 10.1. The van der Waals surface area contributed by atoms with Crippen LogP contribution in [0.2, 0.25) is 0 Å². The molecule has 1 saturated heterocycles. The third-order valence-corrected chi connectivity index (χ3v) is 5.35. The number of rotatable bonds is 6. The maximum atomic E-state index is 12.6. The Labute approximate surface area is 167 Å². The first kappa shape index (κ1) is 17.7. The number of carbonyl (C=O) groups is 1. The van der Waals surface area contributed by atoms with Crippen molar-refractivity contribution in [2.45, 2.75) is 31.6 Å². The van der Waals surface area contributed by atoms with E-state index in [0.717, 1.165) is 18.5 Å². The normalized spacial score (nSPS) is 16.5. The Morgan fingerprint density at radius 2 is 1.86 bits per heavy atom. The second-order valence-corrected chi connectivity index (χ2v) is 7.42. The van der Waals surface area contributed by atoms with E-state index in [-0.39, 0.29) is 18.1 Å². The SMILES string of the molecule is O=C(c1cnc(NC2Cc3ccccc3C2)nc1)N1CC(OCc2cn[nH]n2)C1. The van der Waals surface area contributed by atoms with E-state index in [9.17, 15) is 4.79 Å². The van der Waals surface area contributed by atoms with Crippen LogP contribution in [0.4, 0.5) is 5.95 Å². The lowest BCUT2D eigenvalue weighted by Crippen LogP contribution is -2.54. The van der Waals surface area contributed by atoms with Crippen LogP contribution in [0, 0.1) is 0 Å². The highest BCUT2D eigenvalue weighted by Gasteiger charge is 2.32. The summed E-state index contributed by atoms with van der Waals surface area (Å²) >= 11 is 0. The van der Waals surface area contributed by atoms with Crippen molar-refractivity contribution in [3.05, 3.63) is 65.2 Å². The molecular weight excluding hydrogens is 370 g/mol. The molecule has 3 aromatic rings. The van der Waals surface area contributed by atoms with Crippen molar-refractivity contribution in [3.63, 3.8) is 0 Å². The van der Waals surface area contributed by atoms with Gasteiger partial charge >= 0.3 is 0 Å². The van der Waals surface area contributed by atoms with E-state index in [1.54, 1.807) is 23.5 Å². The average Bonchev–Trinajstić information content (AvgIpc) is 3.36. The van der Waals surface area contributed by atoms with Crippen LogP contribution in [0.25, 0.3) is 0 Å². The molecule has 9 heteroatoms. The van der Waals surface area contributed by atoms with Gasteiger partial charge in [-0.1, -0.05) is 24.3 Å². The van der Waals surface area contributed by atoms with E-state index in [1.165, 1.54) is 11.1 Å². The molecule has 0 spiro atoms. The molecule has 2 aromatic heterocycles. The van der Waals surface area contributed by atoms with Gasteiger partial charge in [-0.25, -0.2) is 9.97 Å². The van der Waals surface area contributed by atoms with Crippen LogP contribution in [0.1, 0.15) is 27.2 Å². The largest absolute Gasteiger partial charge is 0.368 e. The number of likely N-dealkylation sites (tertiary alicyclic amines) is 1. The second kappa shape index (κ2) is 7.59. The minimum absolute atomic E-state index is 0.0153. The second-order valence-electron chi connectivity index (χ2n) is 7.42. The number of nitrogens with one attached hydrogen (secondary N) is 2. The van der Waals surface area contributed by atoms with E-state index < -0.39 is 0 Å². The van der Waals surface area contributed by atoms with Gasteiger partial charge in [-0.15, -0.1) is 0 Å². The molecule has 2 aliphatic rings. The van der Waals surface area contributed by atoms with Crippen molar-refractivity contribution in [1.29, 1.82) is 0 Å². The summed E-state index contributed by atoms with van der Waals surface area (Å²) in [6.45, 7) is 1.49. The molecule has 5 rings (SSSR count). The van der Waals surface area contributed by atoms with Crippen molar-refractivity contribution in [2.24, 2.45) is 0 Å². The van der Waals surface area contributed by atoms with Gasteiger partial charge in [0.2, 0.25) is 5.95 Å². The van der Waals surface area contributed by atoms with E-state index in [2.05, 4.69) is 55.0 Å². The monoisotopic (exact) mass is 391 g/mol. The fourth-order valence-electron chi connectivity index (χ4n) is 3.75. The van der Waals surface area contributed by atoms with Crippen molar-refractivity contribution >= 4 is 11.9 Å². The van der Waals surface area contributed by atoms with E-state index in [4.69, 9.17) is 4.74 Å². The van der Waals surface area contributed by atoms with Crippen LogP contribution in [0.15, 0.2) is 42.9 Å². The number of carbonyl (C=O) groups excluding carboxylic acids is 1. The van der Waals surface area contributed by atoms with Gasteiger partial charge in [0, 0.05) is 31.5 Å². The smallest absolute Gasteiger partial charge is 0.257 e. The van der Waals surface area contributed by atoms with Crippen LogP contribution in [0.3, 0.4) is 0 Å². The van der Waals surface area contributed by atoms with Gasteiger partial charge in [0.1, 0.15) is 5.69 Å². The molecule has 2 N–H and O–H groups in total. The Morgan fingerprint density at radius 1 is 1.14 bits per heavy atom. The first-order chi connectivity index (χ1) is 14.2. The molecule has 1 amide bonds. The Balaban J connectivity index is 1.11. The van der Waals surface area contributed by atoms with Gasteiger partial charge in [0.05, 0.1) is 24.5 Å². The first-order valence-electron chi connectivity index (χ1n) is 9.65. The van der Waals surface area contributed by atoms with Crippen LogP contribution in [0.5, 0.6) is 0 Å². The quantitative estimate of drug-likeness (QED) is 0.650. The standard InChI is InChI=1S/C20H21N7O2/c28-19(27-10-18(11-27)29-12-17-9-23-26-25-17)15-7-21-20(22-8-15)24-16-5-13-3-1-2-4-14(13)6-16/h1-4,7-9,16,18H,5-6,10-12H2,(H,21,22,24)(H,23,25,26). The zero-order valence-corrected chi connectivity index (χ0v) is 15.8. The minimum Gasteiger partial charge on any atom is -0.368 e. The number of anilines is 1. The highest BCUT2D eigenvalue weighted by molar-refractivity contribution is 5.94. The number of amides is 1. The topological polar surface area (TPSA) is 109 Å². The number of ether oxygens (including phenoxy) is 1. The van der Waals surface area contributed by atoms with E-state index in [0.29, 0.717) is 31.2 Å². The third-order valence-electron chi connectivity index (χ3n) is 5.35. The molecule has 1 fully saturated rings. The summed E-state index contributed by atoms with van der Waals surface area (Å²) in [4.78, 5) is 23.0. The summed E-state index contributed by atoms with van der Waals surface area (Å²) in [5.41, 5.74) is 3.97. The lowest BCUT2D eigenvalue weighted by Gasteiger charge is -2.38. The first-order valence-corrected chi connectivity index (χ1v) is 9.65. The molecule has 0 saturated carbocycles. The van der Waals surface area contributed by atoms with Gasteiger partial charge < -0.3 is 15.0 Å². The highest BCUT2D eigenvalue weighted by atomic mass is 16.5. The zero-order valence-electron chi connectivity index (χ0n) is 15.8. The third kappa shape index (κ3) is 3.81. The maximum absolute atomic E-state index is 12.6. The number of aromatic amines is 1. The molecule has 9 nitrogen and oxygen atoms in total. The lowest BCUT2D eigenvalue weighted by molar-refractivity contribution is -0.0512. The molecule has 1 aromatic carbocycles. The van der Waals surface area contributed by atoms with Crippen molar-refractivity contribution in [2.75, 3.05) is 18.4 Å². The summed E-state index contributed by atoms with van der Waals surface area (Å²) in [5, 5.41) is 13.6. The Morgan fingerprint density at radius 3 is 2.52 bits per heavy atom. The molecule has 3 heterocycles.